The number of halogens is 2. The van der Waals surface area contributed by atoms with E-state index in [0.717, 1.165) is 36.4 Å². The van der Waals surface area contributed by atoms with Crippen molar-refractivity contribution in [2.24, 2.45) is 0 Å². The molecule has 2 aromatic carbocycles. The van der Waals surface area contributed by atoms with Crippen LogP contribution in [-0.2, 0) is 0 Å². The van der Waals surface area contributed by atoms with Gasteiger partial charge in [-0.2, -0.15) is 0 Å². The molecule has 0 saturated carbocycles. The molecule has 21 heavy (non-hydrogen) atoms. The molecule has 0 unspecified atom stereocenters. The second-order valence-corrected chi connectivity index (χ2v) is 5.72. The van der Waals surface area contributed by atoms with Crippen molar-refractivity contribution in [3.05, 3.63) is 59.7 Å². The Balaban J connectivity index is 1.84. The average molecular weight is 286 g/mol. The maximum absolute atomic E-state index is 13.6. The number of piperidine rings is 1. The molecule has 4 rings (SSSR count). The van der Waals surface area contributed by atoms with Crippen molar-refractivity contribution in [3.8, 4) is 0 Å². The Bertz CT molecular complexity index is 669. The monoisotopic (exact) mass is 286 g/mol. The predicted molar refractivity (Wildman–Crippen MR) is 79.0 cm³/mol. The molecule has 2 atom stereocenters. The summed E-state index contributed by atoms with van der Waals surface area (Å²) in [6, 6.07) is 11.9. The van der Waals surface area contributed by atoms with Gasteiger partial charge in [-0.1, -0.05) is 0 Å². The summed E-state index contributed by atoms with van der Waals surface area (Å²) in [4.78, 5) is 2.24. The Morgan fingerprint density at radius 3 is 2.57 bits per heavy atom. The number of rotatable bonds is 1. The normalized spacial score (nSPS) is 23.8. The highest BCUT2D eigenvalue weighted by atomic mass is 19.1. The van der Waals surface area contributed by atoms with Crippen molar-refractivity contribution < 1.29 is 8.78 Å². The molecule has 0 aromatic heterocycles. The lowest BCUT2D eigenvalue weighted by Gasteiger charge is -2.34. The minimum absolute atomic E-state index is 0.195. The van der Waals surface area contributed by atoms with E-state index in [0.29, 0.717) is 6.04 Å². The number of benzene rings is 2. The molecular formula is C17H16F2N2. The molecule has 4 heteroatoms. The summed E-state index contributed by atoms with van der Waals surface area (Å²) < 4.78 is 26.8. The molecule has 0 aliphatic carbocycles. The highest BCUT2D eigenvalue weighted by Crippen LogP contribution is 2.47. The lowest BCUT2D eigenvalue weighted by molar-refractivity contribution is 0.419. The summed E-state index contributed by atoms with van der Waals surface area (Å²) in [5.74, 6) is -0.146. The molecule has 2 heterocycles. The zero-order chi connectivity index (χ0) is 14.4. The van der Waals surface area contributed by atoms with Crippen LogP contribution in [0.2, 0.25) is 0 Å². The van der Waals surface area contributed by atoms with Gasteiger partial charge in [0.2, 0.25) is 0 Å². The Hall–Kier alpha value is -1.94. The van der Waals surface area contributed by atoms with Gasteiger partial charge in [0.1, 0.15) is 11.6 Å². The molecule has 2 aliphatic heterocycles. The van der Waals surface area contributed by atoms with Crippen molar-refractivity contribution >= 4 is 11.4 Å². The minimum Gasteiger partial charge on any atom is -0.337 e. The maximum Gasteiger partial charge on any atom is 0.123 e. The summed E-state index contributed by atoms with van der Waals surface area (Å²) in [7, 11) is 0. The van der Waals surface area contributed by atoms with Gasteiger partial charge in [-0.25, -0.2) is 8.78 Å². The third kappa shape index (κ3) is 2.02. The quantitative estimate of drug-likeness (QED) is 0.862. The SMILES string of the molecule is Fc1ccc(N2c3ccc(F)cc3[C@@H]3CNCC[C@H]32)cc1. The van der Waals surface area contributed by atoms with Gasteiger partial charge in [-0.05, 0) is 61.0 Å². The first kappa shape index (κ1) is 12.8. The van der Waals surface area contributed by atoms with Crippen molar-refractivity contribution in [1.82, 2.24) is 5.32 Å². The Kier molecular flexibility index (Phi) is 2.93. The highest BCUT2D eigenvalue weighted by Gasteiger charge is 2.40. The van der Waals surface area contributed by atoms with E-state index in [2.05, 4.69) is 10.2 Å². The Labute approximate surface area is 122 Å². The fourth-order valence-corrected chi connectivity index (χ4v) is 3.62. The number of nitrogens with zero attached hydrogens (tertiary/aromatic N) is 1. The van der Waals surface area contributed by atoms with E-state index in [4.69, 9.17) is 0 Å². The van der Waals surface area contributed by atoms with E-state index >= 15 is 0 Å². The number of nitrogens with one attached hydrogen (secondary N) is 1. The van der Waals surface area contributed by atoms with Crippen LogP contribution in [-0.4, -0.2) is 19.1 Å². The van der Waals surface area contributed by atoms with Crippen LogP contribution >= 0.6 is 0 Å². The van der Waals surface area contributed by atoms with Gasteiger partial charge in [0.15, 0.2) is 0 Å². The molecule has 2 nitrogen and oxygen atoms in total. The summed E-state index contributed by atoms with van der Waals surface area (Å²) in [6.45, 7) is 1.81. The molecule has 0 spiro atoms. The van der Waals surface area contributed by atoms with Crippen LogP contribution < -0.4 is 10.2 Å². The van der Waals surface area contributed by atoms with Gasteiger partial charge in [-0.3, -0.25) is 0 Å². The van der Waals surface area contributed by atoms with E-state index in [9.17, 15) is 8.78 Å². The Morgan fingerprint density at radius 1 is 1.00 bits per heavy atom. The number of fused-ring (bicyclic) bond motifs is 3. The molecule has 1 N–H and O–H groups in total. The molecule has 1 saturated heterocycles. The van der Waals surface area contributed by atoms with Crippen LogP contribution in [0, 0.1) is 11.6 Å². The minimum atomic E-state index is -0.237. The molecule has 0 radical (unpaired) electrons. The third-order valence-electron chi connectivity index (χ3n) is 4.53. The van der Waals surface area contributed by atoms with Crippen LogP contribution in [0.15, 0.2) is 42.5 Å². The molecular weight excluding hydrogens is 270 g/mol. The van der Waals surface area contributed by atoms with Crippen LogP contribution in [0.4, 0.5) is 20.2 Å². The predicted octanol–water partition coefficient (Wildman–Crippen LogP) is 3.56. The largest absolute Gasteiger partial charge is 0.337 e. The van der Waals surface area contributed by atoms with E-state index in [-0.39, 0.29) is 17.6 Å². The smallest absolute Gasteiger partial charge is 0.123 e. The van der Waals surface area contributed by atoms with E-state index < -0.39 is 0 Å². The van der Waals surface area contributed by atoms with E-state index in [1.807, 2.05) is 6.07 Å². The molecule has 2 aromatic rings. The van der Waals surface area contributed by atoms with Crippen molar-refractivity contribution in [1.29, 1.82) is 0 Å². The van der Waals surface area contributed by atoms with Crippen molar-refractivity contribution in [2.45, 2.75) is 18.4 Å². The van der Waals surface area contributed by atoms with Gasteiger partial charge in [-0.15, -0.1) is 0 Å². The third-order valence-corrected chi connectivity index (χ3v) is 4.53. The van der Waals surface area contributed by atoms with Gasteiger partial charge >= 0.3 is 0 Å². The first-order valence-electron chi connectivity index (χ1n) is 7.29. The number of hydrogen-bond acceptors (Lipinski definition) is 2. The maximum atomic E-state index is 13.6. The molecule has 108 valence electrons. The van der Waals surface area contributed by atoms with Crippen LogP contribution in [0.3, 0.4) is 0 Å². The average Bonchev–Trinajstić information content (AvgIpc) is 2.82. The highest BCUT2D eigenvalue weighted by molar-refractivity contribution is 5.73. The molecule has 2 aliphatic rings. The molecule has 0 bridgehead atoms. The topological polar surface area (TPSA) is 15.3 Å². The Morgan fingerprint density at radius 2 is 1.76 bits per heavy atom. The zero-order valence-corrected chi connectivity index (χ0v) is 11.5. The van der Waals surface area contributed by atoms with Crippen LogP contribution in [0.25, 0.3) is 0 Å². The van der Waals surface area contributed by atoms with Crippen LogP contribution in [0.5, 0.6) is 0 Å². The lowest BCUT2D eigenvalue weighted by Crippen LogP contribution is -2.42. The number of hydrogen-bond donors (Lipinski definition) is 1. The van der Waals surface area contributed by atoms with Gasteiger partial charge in [0.05, 0.1) is 0 Å². The fourth-order valence-electron chi connectivity index (χ4n) is 3.62. The van der Waals surface area contributed by atoms with Gasteiger partial charge < -0.3 is 10.2 Å². The second kappa shape index (κ2) is 4.81. The van der Waals surface area contributed by atoms with Crippen molar-refractivity contribution in [3.63, 3.8) is 0 Å². The first-order valence-corrected chi connectivity index (χ1v) is 7.29. The lowest BCUT2D eigenvalue weighted by atomic mass is 9.90. The summed E-state index contributed by atoms with van der Waals surface area (Å²) in [6.07, 6.45) is 0.998. The number of anilines is 2. The standard InChI is InChI=1S/C17H16F2N2/c18-11-1-4-13(5-2-11)21-16-6-3-12(19)9-14(16)15-10-20-8-7-17(15)21/h1-6,9,15,17,20H,7-8,10H2/t15-,17+/m0/s1. The van der Waals surface area contributed by atoms with Gasteiger partial charge in [0, 0.05) is 29.9 Å². The fraction of sp³-hybridized carbons (Fsp3) is 0.294. The first-order chi connectivity index (χ1) is 10.2. The summed E-state index contributed by atoms with van der Waals surface area (Å²) >= 11 is 0. The summed E-state index contributed by atoms with van der Waals surface area (Å²) in [5.41, 5.74) is 3.07. The van der Waals surface area contributed by atoms with Crippen LogP contribution in [0.1, 0.15) is 17.9 Å². The summed E-state index contributed by atoms with van der Waals surface area (Å²) in [5, 5.41) is 3.39. The van der Waals surface area contributed by atoms with E-state index in [1.54, 1.807) is 18.2 Å². The van der Waals surface area contributed by atoms with Gasteiger partial charge in [0.25, 0.3) is 0 Å². The van der Waals surface area contributed by atoms with E-state index in [1.165, 1.54) is 18.2 Å². The second-order valence-electron chi connectivity index (χ2n) is 5.72. The molecule has 1 fully saturated rings. The zero-order valence-electron chi connectivity index (χ0n) is 11.5. The molecule has 0 amide bonds. The van der Waals surface area contributed by atoms with Crippen molar-refractivity contribution in [2.75, 3.05) is 18.0 Å².